The molecule has 1 nitrogen and oxygen atoms in total. The van der Waals surface area contributed by atoms with Crippen LogP contribution in [0.2, 0.25) is 0 Å². The van der Waals surface area contributed by atoms with Crippen LogP contribution in [0.3, 0.4) is 0 Å². The highest BCUT2D eigenvalue weighted by atomic mass is 127. The molecule has 1 aromatic carbocycles. The second-order valence-electron chi connectivity index (χ2n) is 3.40. The van der Waals surface area contributed by atoms with Crippen molar-refractivity contribution in [2.45, 2.75) is 13.8 Å². The molecule has 0 aliphatic carbocycles. The van der Waals surface area contributed by atoms with Gasteiger partial charge in [0.25, 0.3) is 0 Å². The minimum atomic E-state index is -0.283. The molecule has 4 heteroatoms. The maximum Gasteiger partial charge on any atom is 0.178 e. The Bertz CT molecular complexity index is 328. The van der Waals surface area contributed by atoms with Crippen LogP contribution in [0.15, 0.2) is 16.6 Å². The van der Waals surface area contributed by atoms with Crippen LogP contribution < -0.4 is 4.74 Å². The molecule has 0 fully saturated rings. The molecule has 0 aliphatic rings. The fraction of sp³-hybridized carbons (Fsp3) is 0.400. The first-order valence-electron chi connectivity index (χ1n) is 4.28. The van der Waals surface area contributed by atoms with E-state index in [0.29, 0.717) is 21.8 Å². The topological polar surface area (TPSA) is 9.23 Å². The van der Waals surface area contributed by atoms with E-state index in [0.717, 1.165) is 4.47 Å². The molecule has 14 heavy (non-hydrogen) atoms. The van der Waals surface area contributed by atoms with Gasteiger partial charge in [-0.3, -0.25) is 0 Å². The summed E-state index contributed by atoms with van der Waals surface area (Å²) in [6, 6.07) is 3.37. The molecule has 0 heterocycles. The molecule has 0 N–H and O–H groups in total. The summed E-state index contributed by atoms with van der Waals surface area (Å²) in [5, 5.41) is 0. The van der Waals surface area contributed by atoms with Crippen molar-refractivity contribution in [1.82, 2.24) is 0 Å². The van der Waals surface area contributed by atoms with E-state index >= 15 is 0 Å². The number of benzene rings is 1. The van der Waals surface area contributed by atoms with E-state index in [1.54, 1.807) is 12.1 Å². The molecular formula is C10H11BrFIO. The summed E-state index contributed by atoms with van der Waals surface area (Å²) < 4.78 is 20.2. The Hall–Kier alpha value is 0.160. The summed E-state index contributed by atoms with van der Waals surface area (Å²) in [6.45, 7) is 4.59. The lowest BCUT2D eigenvalue weighted by Crippen LogP contribution is -2.06. The number of rotatable bonds is 3. The second-order valence-corrected chi connectivity index (χ2v) is 5.48. The van der Waals surface area contributed by atoms with Crippen LogP contribution in [0.25, 0.3) is 0 Å². The first-order chi connectivity index (χ1) is 6.50. The molecule has 0 aromatic heterocycles. The monoisotopic (exact) mass is 372 g/mol. The summed E-state index contributed by atoms with van der Waals surface area (Å²) in [4.78, 5) is 0. The van der Waals surface area contributed by atoms with Gasteiger partial charge in [0, 0.05) is 4.47 Å². The molecule has 0 aliphatic heterocycles. The summed E-state index contributed by atoms with van der Waals surface area (Å²) >= 11 is 5.25. The van der Waals surface area contributed by atoms with Crippen molar-refractivity contribution in [2.24, 2.45) is 5.92 Å². The van der Waals surface area contributed by atoms with Crippen molar-refractivity contribution in [2.75, 3.05) is 6.61 Å². The van der Waals surface area contributed by atoms with Gasteiger partial charge < -0.3 is 4.74 Å². The van der Waals surface area contributed by atoms with Gasteiger partial charge in [-0.15, -0.1) is 0 Å². The molecule has 1 rings (SSSR count). The fourth-order valence-electron chi connectivity index (χ4n) is 0.894. The zero-order valence-electron chi connectivity index (χ0n) is 7.98. The van der Waals surface area contributed by atoms with Gasteiger partial charge in [0.15, 0.2) is 11.6 Å². The van der Waals surface area contributed by atoms with Crippen molar-refractivity contribution in [1.29, 1.82) is 0 Å². The Balaban J connectivity index is 2.85. The summed E-state index contributed by atoms with van der Waals surface area (Å²) in [7, 11) is 0. The van der Waals surface area contributed by atoms with Crippen LogP contribution >= 0.6 is 38.5 Å². The molecule has 0 amide bonds. The zero-order valence-corrected chi connectivity index (χ0v) is 11.7. The summed E-state index contributed by atoms with van der Waals surface area (Å²) in [6.07, 6.45) is 0. The molecule has 0 saturated heterocycles. The Kier molecular flexibility index (Phi) is 4.63. The summed E-state index contributed by atoms with van der Waals surface area (Å²) in [5.41, 5.74) is 0. The predicted octanol–water partition coefficient (Wildman–Crippen LogP) is 4.23. The average Bonchev–Trinajstić information content (AvgIpc) is 2.08. The largest absolute Gasteiger partial charge is 0.490 e. The molecular weight excluding hydrogens is 362 g/mol. The van der Waals surface area contributed by atoms with Crippen LogP contribution in [0.4, 0.5) is 4.39 Å². The lowest BCUT2D eigenvalue weighted by molar-refractivity contribution is 0.258. The van der Waals surface area contributed by atoms with Crippen LogP contribution in [0, 0.1) is 15.3 Å². The molecule has 78 valence electrons. The quantitative estimate of drug-likeness (QED) is 0.570. The Morgan fingerprint density at radius 3 is 2.71 bits per heavy atom. The zero-order chi connectivity index (χ0) is 10.7. The molecule has 0 unspecified atom stereocenters. The SMILES string of the molecule is CC(C)COc1cc(Br)cc(I)c1F. The molecule has 0 saturated carbocycles. The standard InChI is InChI=1S/C10H11BrFIO/c1-6(2)5-14-9-4-7(11)3-8(13)10(9)12/h3-4,6H,5H2,1-2H3. The smallest absolute Gasteiger partial charge is 0.178 e. The Morgan fingerprint density at radius 2 is 2.14 bits per heavy atom. The van der Waals surface area contributed by atoms with Gasteiger partial charge in [0.2, 0.25) is 0 Å². The van der Waals surface area contributed by atoms with Crippen molar-refractivity contribution < 1.29 is 9.13 Å². The Morgan fingerprint density at radius 1 is 1.50 bits per heavy atom. The van der Waals surface area contributed by atoms with E-state index in [-0.39, 0.29) is 5.82 Å². The lowest BCUT2D eigenvalue weighted by Gasteiger charge is -2.10. The van der Waals surface area contributed by atoms with E-state index in [2.05, 4.69) is 15.9 Å². The van der Waals surface area contributed by atoms with E-state index < -0.39 is 0 Å². The second kappa shape index (κ2) is 5.30. The fourth-order valence-corrected chi connectivity index (χ4v) is 2.36. The number of halogens is 3. The highest BCUT2D eigenvalue weighted by Gasteiger charge is 2.09. The van der Waals surface area contributed by atoms with E-state index in [1.807, 2.05) is 36.4 Å². The minimum absolute atomic E-state index is 0.283. The van der Waals surface area contributed by atoms with Crippen LogP contribution in [0.1, 0.15) is 13.8 Å². The van der Waals surface area contributed by atoms with Gasteiger partial charge in [-0.25, -0.2) is 4.39 Å². The highest BCUT2D eigenvalue weighted by molar-refractivity contribution is 14.1. The first-order valence-corrected chi connectivity index (χ1v) is 6.15. The number of ether oxygens (including phenoxy) is 1. The van der Waals surface area contributed by atoms with Gasteiger partial charge in [-0.1, -0.05) is 29.8 Å². The van der Waals surface area contributed by atoms with Gasteiger partial charge in [0.05, 0.1) is 10.2 Å². The van der Waals surface area contributed by atoms with Crippen molar-refractivity contribution >= 4 is 38.5 Å². The third-order valence-corrected chi connectivity index (χ3v) is 2.77. The van der Waals surface area contributed by atoms with Gasteiger partial charge >= 0.3 is 0 Å². The molecule has 0 bridgehead atoms. The third kappa shape index (κ3) is 3.38. The van der Waals surface area contributed by atoms with Crippen LogP contribution in [-0.4, -0.2) is 6.61 Å². The van der Waals surface area contributed by atoms with Crippen molar-refractivity contribution in [3.63, 3.8) is 0 Å². The molecule has 0 radical (unpaired) electrons. The molecule has 1 aromatic rings. The van der Waals surface area contributed by atoms with E-state index in [4.69, 9.17) is 4.74 Å². The van der Waals surface area contributed by atoms with Crippen LogP contribution in [-0.2, 0) is 0 Å². The average molecular weight is 373 g/mol. The van der Waals surface area contributed by atoms with Crippen LogP contribution in [0.5, 0.6) is 5.75 Å². The normalized spacial score (nSPS) is 10.7. The van der Waals surface area contributed by atoms with E-state index in [9.17, 15) is 4.39 Å². The lowest BCUT2D eigenvalue weighted by atomic mass is 10.2. The highest BCUT2D eigenvalue weighted by Crippen LogP contribution is 2.27. The van der Waals surface area contributed by atoms with Gasteiger partial charge in [0.1, 0.15) is 0 Å². The molecule has 0 atom stereocenters. The predicted molar refractivity (Wildman–Crippen MR) is 67.2 cm³/mol. The maximum absolute atomic E-state index is 13.5. The van der Waals surface area contributed by atoms with Crippen molar-refractivity contribution in [3.8, 4) is 5.75 Å². The first kappa shape index (κ1) is 12.2. The van der Waals surface area contributed by atoms with Gasteiger partial charge in [-0.2, -0.15) is 0 Å². The number of hydrogen-bond donors (Lipinski definition) is 0. The van der Waals surface area contributed by atoms with Crippen molar-refractivity contribution in [3.05, 3.63) is 26.0 Å². The Labute approximate surface area is 105 Å². The third-order valence-electron chi connectivity index (χ3n) is 1.53. The number of hydrogen-bond acceptors (Lipinski definition) is 1. The van der Waals surface area contributed by atoms with E-state index in [1.165, 1.54) is 0 Å². The maximum atomic E-state index is 13.5. The summed E-state index contributed by atoms with van der Waals surface area (Å²) in [5.74, 6) is 0.429. The molecule has 0 spiro atoms. The van der Waals surface area contributed by atoms with Gasteiger partial charge in [-0.05, 0) is 40.6 Å². The minimum Gasteiger partial charge on any atom is -0.490 e.